The van der Waals surface area contributed by atoms with Crippen molar-refractivity contribution in [1.82, 2.24) is 4.90 Å². The molecule has 2 N–H and O–H groups in total. The summed E-state index contributed by atoms with van der Waals surface area (Å²) in [4.78, 5) is 14.2. The average molecular weight is 274 g/mol. The van der Waals surface area contributed by atoms with Gasteiger partial charge in [0.05, 0.1) is 13.2 Å². The number of nitrogens with one attached hydrogen (secondary N) is 1. The van der Waals surface area contributed by atoms with E-state index in [0.717, 1.165) is 37.9 Å². The maximum atomic E-state index is 12.1. The highest BCUT2D eigenvalue weighted by Gasteiger charge is 2.25. The molecule has 1 aromatic rings. The number of anilines is 1. The van der Waals surface area contributed by atoms with E-state index in [2.05, 4.69) is 22.3 Å². The molecular weight excluding hydrogens is 252 g/mol. The van der Waals surface area contributed by atoms with Crippen molar-refractivity contribution in [3.8, 4) is 0 Å². The Morgan fingerprint density at radius 2 is 2.15 bits per heavy atom. The molecule has 0 bridgehead atoms. The number of carbonyl (C=O) groups is 1. The quantitative estimate of drug-likeness (QED) is 0.876. The summed E-state index contributed by atoms with van der Waals surface area (Å²) in [6.07, 6.45) is 5.56. The molecule has 4 nitrogen and oxygen atoms in total. The minimum absolute atomic E-state index is 0.0169. The molecule has 1 saturated heterocycles. The van der Waals surface area contributed by atoms with Crippen LogP contribution in [0.15, 0.2) is 18.2 Å². The first kappa shape index (κ1) is 13.6. The van der Waals surface area contributed by atoms with Gasteiger partial charge in [-0.15, -0.1) is 0 Å². The van der Waals surface area contributed by atoms with Crippen molar-refractivity contribution in [3.63, 3.8) is 0 Å². The maximum absolute atomic E-state index is 12.1. The Hall–Kier alpha value is -1.39. The summed E-state index contributed by atoms with van der Waals surface area (Å²) in [6, 6.07) is 6.38. The molecule has 20 heavy (non-hydrogen) atoms. The van der Waals surface area contributed by atoms with Crippen molar-refractivity contribution in [2.24, 2.45) is 0 Å². The number of aliphatic hydroxyl groups is 1. The summed E-state index contributed by atoms with van der Waals surface area (Å²) in [5.74, 6) is 0.0169. The van der Waals surface area contributed by atoms with Crippen LogP contribution in [-0.2, 0) is 17.6 Å². The van der Waals surface area contributed by atoms with E-state index in [4.69, 9.17) is 0 Å². The van der Waals surface area contributed by atoms with Crippen LogP contribution in [-0.4, -0.2) is 41.7 Å². The first-order valence-electron chi connectivity index (χ1n) is 7.53. The molecule has 0 radical (unpaired) electrons. The van der Waals surface area contributed by atoms with Gasteiger partial charge >= 0.3 is 0 Å². The Bertz CT molecular complexity index is 501. The Labute approximate surface area is 119 Å². The lowest BCUT2D eigenvalue weighted by Gasteiger charge is -2.21. The first-order chi connectivity index (χ1) is 9.76. The zero-order valence-electron chi connectivity index (χ0n) is 11.8. The Kier molecular flexibility index (Phi) is 4.03. The summed E-state index contributed by atoms with van der Waals surface area (Å²) >= 11 is 0. The van der Waals surface area contributed by atoms with Gasteiger partial charge in [-0.25, -0.2) is 0 Å². The van der Waals surface area contributed by atoms with E-state index in [0.29, 0.717) is 6.54 Å². The van der Waals surface area contributed by atoms with Crippen LogP contribution in [0.5, 0.6) is 0 Å². The van der Waals surface area contributed by atoms with Crippen LogP contribution in [0.25, 0.3) is 0 Å². The zero-order valence-corrected chi connectivity index (χ0v) is 11.8. The number of nitrogens with zero attached hydrogens (tertiary/aromatic N) is 1. The molecule has 1 aromatic carbocycles. The number of benzene rings is 1. The Balaban J connectivity index is 1.59. The van der Waals surface area contributed by atoms with Gasteiger partial charge in [0.15, 0.2) is 0 Å². The summed E-state index contributed by atoms with van der Waals surface area (Å²) in [6.45, 7) is 1.43. The number of aliphatic hydroxyl groups excluding tert-OH is 1. The number of hydrogen-bond donors (Lipinski definition) is 2. The van der Waals surface area contributed by atoms with E-state index < -0.39 is 0 Å². The third-order valence-electron chi connectivity index (χ3n) is 4.44. The fourth-order valence-corrected chi connectivity index (χ4v) is 3.34. The fourth-order valence-electron chi connectivity index (χ4n) is 3.34. The van der Waals surface area contributed by atoms with Crippen LogP contribution < -0.4 is 5.32 Å². The lowest BCUT2D eigenvalue weighted by atomic mass is 10.1. The van der Waals surface area contributed by atoms with E-state index in [-0.39, 0.29) is 18.6 Å². The highest BCUT2D eigenvalue weighted by atomic mass is 16.3. The molecule has 108 valence electrons. The topological polar surface area (TPSA) is 52.6 Å². The van der Waals surface area contributed by atoms with Crippen molar-refractivity contribution in [2.45, 2.75) is 38.1 Å². The largest absolute Gasteiger partial charge is 0.395 e. The van der Waals surface area contributed by atoms with Gasteiger partial charge in [-0.05, 0) is 61.9 Å². The molecule has 1 aliphatic heterocycles. The second-order valence-corrected chi connectivity index (χ2v) is 5.83. The molecule has 0 unspecified atom stereocenters. The molecule has 1 amide bonds. The highest BCUT2D eigenvalue weighted by molar-refractivity contribution is 5.92. The number of likely N-dealkylation sites (tertiary alicyclic amines) is 1. The van der Waals surface area contributed by atoms with Gasteiger partial charge in [-0.2, -0.15) is 0 Å². The van der Waals surface area contributed by atoms with Crippen LogP contribution in [0.2, 0.25) is 0 Å². The van der Waals surface area contributed by atoms with Crippen molar-refractivity contribution < 1.29 is 9.90 Å². The average Bonchev–Trinajstić information content (AvgIpc) is 3.06. The fraction of sp³-hybridized carbons (Fsp3) is 0.562. The third kappa shape index (κ3) is 2.86. The van der Waals surface area contributed by atoms with Gasteiger partial charge in [0.1, 0.15) is 0 Å². The Morgan fingerprint density at radius 1 is 1.30 bits per heavy atom. The van der Waals surface area contributed by atoms with Crippen LogP contribution in [0, 0.1) is 0 Å². The minimum Gasteiger partial charge on any atom is -0.395 e. The van der Waals surface area contributed by atoms with E-state index in [9.17, 15) is 9.90 Å². The number of hydrogen-bond acceptors (Lipinski definition) is 3. The predicted molar refractivity (Wildman–Crippen MR) is 78.8 cm³/mol. The van der Waals surface area contributed by atoms with Gasteiger partial charge in [-0.1, -0.05) is 6.07 Å². The molecule has 1 fully saturated rings. The van der Waals surface area contributed by atoms with Gasteiger partial charge in [0.25, 0.3) is 0 Å². The standard InChI is InChI=1S/C16H22N2O2/c19-11-15-5-2-8-18(15)10-16(20)17-14-7-6-12-3-1-4-13(12)9-14/h6-7,9,15,19H,1-5,8,10-11H2,(H,17,20)/t15-/m0/s1. The van der Waals surface area contributed by atoms with Crippen LogP contribution in [0.3, 0.4) is 0 Å². The van der Waals surface area contributed by atoms with Crippen molar-refractivity contribution in [3.05, 3.63) is 29.3 Å². The van der Waals surface area contributed by atoms with Gasteiger partial charge < -0.3 is 10.4 Å². The summed E-state index contributed by atoms with van der Waals surface area (Å²) < 4.78 is 0. The van der Waals surface area contributed by atoms with E-state index in [1.807, 2.05) is 6.07 Å². The molecular formula is C16H22N2O2. The molecule has 4 heteroatoms. The van der Waals surface area contributed by atoms with Crippen molar-refractivity contribution in [1.29, 1.82) is 0 Å². The molecule has 2 aliphatic rings. The number of aryl methyl sites for hydroxylation is 2. The third-order valence-corrected chi connectivity index (χ3v) is 4.44. The van der Waals surface area contributed by atoms with Crippen molar-refractivity contribution in [2.75, 3.05) is 25.0 Å². The lowest BCUT2D eigenvalue weighted by Crippen LogP contribution is -2.38. The van der Waals surface area contributed by atoms with Gasteiger partial charge in [0, 0.05) is 11.7 Å². The highest BCUT2D eigenvalue weighted by Crippen LogP contribution is 2.25. The number of carbonyl (C=O) groups excluding carboxylic acids is 1. The first-order valence-corrected chi connectivity index (χ1v) is 7.53. The number of amides is 1. The molecule has 0 aromatic heterocycles. The van der Waals surface area contributed by atoms with E-state index in [1.165, 1.54) is 17.5 Å². The summed E-state index contributed by atoms with van der Waals surface area (Å²) in [5.41, 5.74) is 3.69. The molecule has 1 atom stereocenters. The summed E-state index contributed by atoms with van der Waals surface area (Å²) in [5, 5.41) is 12.3. The monoisotopic (exact) mass is 274 g/mol. The van der Waals surface area contributed by atoms with Crippen LogP contribution >= 0.6 is 0 Å². The predicted octanol–water partition coefficient (Wildman–Crippen LogP) is 1.57. The van der Waals surface area contributed by atoms with Crippen LogP contribution in [0.4, 0.5) is 5.69 Å². The van der Waals surface area contributed by atoms with Gasteiger partial charge in [-0.3, -0.25) is 9.69 Å². The second-order valence-electron chi connectivity index (χ2n) is 5.83. The number of rotatable bonds is 4. The number of fused-ring (bicyclic) bond motifs is 1. The van der Waals surface area contributed by atoms with Crippen LogP contribution in [0.1, 0.15) is 30.4 Å². The lowest BCUT2D eigenvalue weighted by molar-refractivity contribution is -0.117. The molecule has 1 heterocycles. The smallest absolute Gasteiger partial charge is 0.238 e. The van der Waals surface area contributed by atoms with E-state index >= 15 is 0 Å². The molecule has 0 spiro atoms. The minimum atomic E-state index is 0.0169. The van der Waals surface area contributed by atoms with E-state index in [1.54, 1.807) is 0 Å². The summed E-state index contributed by atoms with van der Waals surface area (Å²) in [7, 11) is 0. The van der Waals surface area contributed by atoms with Crippen molar-refractivity contribution >= 4 is 11.6 Å². The SMILES string of the molecule is O=C(CN1CCC[C@H]1CO)Nc1ccc2c(c1)CCC2. The molecule has 3 rings (SSSR count). The normalized spacial score (nSPS) is 21.9. The molecule has 0 saturated carbocycles. The van der Waals surface area contributed by atoms with Gasteiger partial charge in [0.2, 0.25) is 5.91 Å². The maximum Gasteiger partial charge on any atom is 0.238 e. The second kappa shape index (κ2) is 5.94. The zero-order chi connectivity index (χ0) is 13.9. The molecule has 1 aliphatic carbocycles. The Morgan fingerprint density at radius 3 is 3.00 bits per heavy atom.